The Morgan fingerprint density at radius 3 is 2.23 bits per heavy atom. The van der Waals surface area contributed by atoms with E-state index in [-0.39, 0.29) is 0 Å². The lowest BCUT2D eigenvalue weighted by atomic mass is 9.65. The first-order valence-corrected chi connectivity index (χ1v) is 5.60. The Bertz CT molecular complexity index is 163. The summed E-state index contributed by atoms with van der Waals surface area (Å²) in [5.41, 5.74) is 6.45. The summed E-state index contributed by atoms with van der Waals surface area (Å²) in [4.78, 5) is 0. The van der Waals surface area contributed by atoms with Crippen molar-refractivity contribution in [2.45, 2.75) is 45.1 Å². The maximum absolute atomic E-state index is 5.91. The number of ether oxygens (including phenoxy) is 1. The van der Waals surface area contributed by atoms with E-state index in [1.54, 1.807) is 0 Å². The maximum atomic E-state index is 5.91. The first-order valence-electron chi connectivity index (χ1n) is 5.60. The minimum absolute atomic E-state index is 0.478. The quantitative estimate of drug-likeness (QED) is 0.710. The van der Waals surface area contributed by atoms with Crippen molar-refractivity contribution < 1.29 is 4.74 Å². The molecular formula is C11H21NO. The highest BCUT2D eigenvalue weighted by Crippen LogP contribution is 2.45. The summed E-state index contributed by atoms with van der Waals surface area (Å²) in [6.07, 6.45) is 6.41. The van der Waals surface area contributed by atoms with Gasteiger partial charge in [0.25, 0.3) is 0 Å². The zero-order chi connectivity index (χ0) is 9.31. The van der Waals surface area contributed by atoms with Crippen molar-refractivity contribution in [1.82, 2.24) is 0 Å². The predicted molar refractivity (Wildman–Crippen MR) is 53.5 cm³/mol. The molecule has 2 aliphatic rings. The van der Waals surface area contributed by atoms with E-state index in [1.165, 1.54) is 32.1 Å². The molecule has 1 aliphatic heterocycles. The van der Waals surface area contributed by atoms with Crippen LogP contribution >= 0.6 is 0 Å². The Labute approximate surface area is 80.8 Å². The van der Waals surface area contributed by atoms with E-state index in [2.05, 4.69) is 6.92 Å². The van der Waals surface area contributed by atoms with Crippen molar-refractivity contribution in [3.05, 3.63) is 0 Å². The Kier molecular flexibility index (Phi) is 2.61. The summed E-state index contributed by atoms with van der Waals surface area (Å²) in [5, 5.41) is 0. The monoisotopic (exact) mass is 183 g/mol. The van der Waals surface area contributed by atoms with Gasteiger partial charge in [0.05, 0.1) is 13.2 Å². The molecule has 0 amide bonds. The smallest absolute Gasteiger partial charge is 0.0547 e. The molecule has 2 N–H and O–H groups in total. The molecule has 76 valence electrons. The topological polar surface area (TPSA) is 35.2 Å². The largest absolute Gasteiger partial charge is 0.380 e. The van der Waals surface area contributed by atoms with E-state index in [1.807, 2.05) is 0 Å². The highest BCUT2D eigenvalue weighted by atomic mass is 16.5. The van der Waals surface area contributed by atoms with Crippen molar-refractivity contribution in [1.29, 1.82) is 0 Å². The fraction of sp³-hybridized carbons (Fsp3) is 1.00. The molecule has 0 aromatic rings. The van der Waals surface area contributed by atoms with Crippen LogP contribution in [0, 0.1) is 11.3 Å². The van der Waals surface area contributed by atoms with Crippen molar-refractivity contribution in [3.63, 3.8) is 0 Å². The van der Waals surface area contributed by atoms with Gasteiger partial charge in [-0.15, -0.1) is 0 Å². The van der Waals surface area contributed by atoms with Gasteiger partial charge < -0.3 is 10.5 Å². The van der Waals surface area contributed by atoms with Gasteiger partial charge in [-0.1, -0.05) is 6.92 Å². The van der Waals surface area contributed by atoms with Gasteiger partial charge in [-0.2, -0.15) is 0 Å². The van der Waals surface area contributed by atoms with Crippen molar-refractivity contribution in [2.24, 2.45) is 17.1 Å². The molecule has 1 saturated heterocycles. The van der Waals surface area contributed by atoms with E-state index in [0.29, 0.717) is 11.5 Å². The molecule has 13 heavy (non-hydrogen) atoms. The van der Waals surface area contributed by atoms with Crippen LogP contribution in [0.15, 0.2) is 0 Å². The molecule has 1 heterocycles. The summed E-state index contributed by atoms with van der Waals surface area (Å²) >= 11 is 0. The summed E-state index contributed by atoms with van der Waals surface area (Å²) in [5.74, 6) is 0.894. The molecule has 0 spiro atoms. The van der Waals surface area contributed by atoms with Crippen LogP contribution in [0.2, 0.25) is 0 Å². The normalized spacial score (nSPS) is 38.3. The summed E-state index contributed by atoms with van der Waals surface area (Å²) in [6.45, 7) is 4.31. The number of hydrogen-bond donors (Lipinski definition) is 1. The Morgan fingerprint density at radius 1 is 1.23 bits per heavy atom. The lowest BCUT2D eigenvalue weighted by Crippen LogP contribution is -2.49. The van der Waals surface area contributed by atoms with Crippen molar-refractivity contribution >= 4 is 0 Å². The lowest BCUT2D eigenvalue weighted by molar-refractivity contribution is -0.154. The third-order valence-electron chi connectivity index (χ3n) is 4.12. The van der Waals surface area contributed by atoms with Crippen molar-refractivity contribution in [3.8, 4) is 0 Å². The summed E-state index contributed by atoms with van der Waals surface area (Å²) < 4.78 is 5.38. The minimum atomic E-state index is 0.478. The second-order valence-corrected chi connectivity index (χ2v) is 4.82. The van der Waals surface area contributed by atoms with Crippen LogP contribution in [0.5, 0.6) is 0 Å². The Balaban J connectivity index is 1.92. The molecule has 2 heteroatoms. The highest BCUT2D eigenvalue weighted by Gasteiger charge is 2.44. The van der Waals surface area contributed by atoms with Crippen LogP contribution < -0.4 is 5.73 Å². The fourth-order valence-corrected chi connectivity index (χ4v) is 2.82. The van der Waals surface area contributed by atoms with E-state index < -0.39 is 0 Å². The zero-order valence-electron chi connectivity index (χ0n) is 8.59. The first-order chi connectivity index (χ1) is 6.27. The van der Waals surface area contributed by atoms with Crippen LogP contribution in [0.4, 0.5) is 0 Å². The SMILES string of the molecule is CCC1(C2CCC(N)CC2)COC1. The van der Waals surface area contributed by atoms with Gasteiger partial charge in [0, 0.05) is 11.5 Å². The average molecular weight is 183 g/mol. The van der Waals surface area contributed by atoms with Gasteiger partial charge in [-0.05, 0) is 38.0 Å². The minimum Gasteiger partial charge on any atom is -0.380 e. The first kappa shape index (κ1) is 9.47. The molecule has 0 aromatic carbocycles. The Hall–Kier alpha value is -0.0800. The molecular weight excluding hydrogens is 162 g/mol. The fourth-order valence-electron chi connectivity index (χ4n) is 2.82. The summed E-state index contributed by atoms with van der Waals surface area (Å²) in [7, 11) is 0. The van der Waals surface area contributed by atoms with Crippen LogP contribution in [0.25, 0.3) is 0 Å². The van der Waals surface area contributed by atoms with E-state index >= 15 is 0 Å². The lowest BCUT2D eigenvalue weighted by Gasteiger charge is -2.49. The Morgan fingerprint density at radius 2 is 1.85 bits per heavy atom. The zero-order valence-corrected chi connectivity index (χ0v) is 8.59. The third-order valence-corrected chi connectivity index (χ3v) is 4.12. The molecule has 2 rings (SSSR count). The molecule has 0 aromatic heterocycles. The highest BCUT2D eigenvalue weighted by molar-refractivity contribution is 4.93. The molecule has 1 aliphatic carbocycles. The molecule has 2 nitrogen and oxygen atoms in total. The van der Waals surface area contributed by atoms with Gasteiger partial charge in [0.1, 0.15) is 0 Å². The van der Waals surface area contributed by atoms with Gasteiger partial charge in [0.15, 0.2) is 0 Å². The van der Waals surface area contributed by atoms with E-state index in [9.17, 15) is 0 Å². The number of nitrogens with two attached hydrogens (primary N) is 1. The second kappa shape index (κ2) is 3.58. The number of hydrogen-bond acceptors (Lipinski definition) is 2. The molecule has 1 saturated carbocycles. The van der Waals surface area contributed by atoms with Crippen molar-refractivity contribution in [2.75, 3.05) is 13.2 Å². The molecule has 0 bridgehead atoms. The summed E-state index contributed by atoms with van der Waals surface area (Å²) in [6, 6.07) is 0.478. The van der Waals surface area contributed by atoms with Crippen LogP contribution in [0.1, 0.15) is 39.0 Å². The van der Waals surface area contributed by atoms with Gasteiger partial charge in [0.2, 0.25) is 0 Å². The standard InChI is InChI=1S/C11H21NO/c1-2-11(7-13-8-11)9-3-5-10(12)6-4-9/h9-10H,2-8,12H2,1H3. The average Bonchev–Trinajstić information content (AvgIpc) is 2.07. The molecule has 0 unspecified atom stereocenters. The third kappa shape index (κ3) is 1.62. The predicted octanol–water partition coefficient (Wildman–Crippen LogP) is 1.93. The second-order valence-electron chi connectivity index (χ2n) is 4.82. The molecule has 2 fully saturated rings. The van der Waals surface area contributed by atoms with Crippen LogP contribution in [0.3, 0.4) is 0 Å². The maximum Gasteiger partial charge on any atom is 0.0547 e. The van der Waals surface area contributed by atoms with E-state index in [4.69, 9.17) is 10.5 Å². The number of rotatable bonds is 2. The van der Waals surface area contributed by atoms with Crippen LogP contribution in [-0.2, 0) is 4.74 Å². The molecule has 0 radical (unpaired) electrons. The van der Waals surface area contributed by atoms with Crippen LogP contribution in [-0.4, -0.2) is 19.3 Å². The molecule has 0 atom stereocenters. The van der Waals surface area contributed by atoms with Gasteiger partial charge in [-0.25, -0.2) is 0 Å². The van der Waals surface area contributed by atoms with Gasteiger partial charge in [-0.3, -0.25) is 0 Å². The van der Waals surface area contributed by atoms with Gasteiger partial charge >= 0.3 is 0 Å². The van der Waals surface area contributed by atoms with E-state index in [0.717, 1.165) is 19.1 Å².